The Morgan fingerprint density at radius 1 is 1.46 bits per heavy atom. The number of rotatable bonds is 2. The normalized spacial score (nSPS) is 10.8. The summed E-state index contributed by atoms with van der Waals surface area (Å²) in [7, 11) is 0. The number of anilines is 1. The Kier molecular flexibility index (Phi) is 1.84. The van der Waals surface area contributed by atoms with Gasteiger partial charge in [0.1, 0.15) is 11.8 Å². The molecule has 0 bridgehead atoms. The SMILES string of the molecule is C[CH]Cn1cnc2c(N)ncnc21. The van der Waals surface area contributed by atoms with E-state index in [1.54, 1.807) is 6.33 Å². The Bertz CT molecular complexity index is 419. The maximum Gasteiger partial charge on any atom is 0.165 e. The van der Waals surface area contributed by atoms with Crippen LogP contribution in [0.4, 0.5) is 5.82 Å². The molecule has 67 valence electrons. The van der Waals surface area contributed by atoms with E-state index >= 15 is 0 Å². The predicted octanol–water partition coefficient (Wildman–Crippen LogP) is 0.633. The van der Waals surface area contributed by atoms with Gasteiger partial charge in [-0.25, -0.2) is 15.0 Å². The zero-order valence-corrected chi connectivity index (χ0v) is 7.31. The van der Waals surface area contributed by atoms with E-state index in [9.17, 15) is 0 Å². The van der Waals surface area contributed by atoms with E-state index in [0.29, 0.717) is 11.3 Å². The summed E-state index contributed by atoms with van der Waals surface area (Å²) in [6, 6.07) is 0. The zero-order chi connectivity index (χ0) is 9.26. The highest BCUT2D eigenvalue weighted by atomic mass is 15.1. The van der Waals surface area contributed by atoms with Gasteiger partial charge in [-0.15, -0.1) is 0 Å². The number of nitrogens with two attached hydrogens (primary N) is 1. The first-order valence-electron chi connectivity index (χ1n) is 4.02. The van der Waals surface area contributed by atoms with Crippen molar-refractivity contribution in [3.05, 3.63) is 19.1 Å². The monoisotopic (exact) mass is 176 g/mol. The minimum absolute atomic E-state index is 0.430. The summed E-state index contributed by atoms with van der Waals surface area (Å²) in [5, 5.41) is 0. The summed E-state index contributed by atoms with van der Waals surface area (Å²) in [5.41, 5.74) is 7.08. The molecule has 0 amide bonds. The van der Waals surface area contributed by atoms with Crippen LogP contribution in [0.1, 0.15) is 6.92 Å². The van der Waals surface area contributed by atoms with Crippen molar-refractivity contribution in [1.29, 1.82) is 0 Å². The molecule has 0 aromatic carbocycles. The van der Waals surface area contributed by atoms with Crippen molar-refractivity contribution in [2.75, 3.05) is 5.73 Å². The van der Waals surface area contributed by atoms with Gasteiger partial charge in [-0.3, -0.25) is 0 Å². The number of imidazole rings is 1. The summed E-state index contributed by atoms with van der Waals surface area (Å²) < 4.78 is 1.92. The van der Waals surface area contributed by atoms with Crippen molar-refractivity contribution in [3.8, 4) is 0 Å². The molecule has 1 radical (unpaired) electrons. The molecule has 0 saturated carbocycles. The Morgan fingerprint density at radius 3 is 3.08 bits per heavy atom. The quantitative estimate of drug-likeness (QED) is 0.728. The average Bonchev–Trinajstić information content (AvgIpc) is 2.51. The molecule has 2 N–H and O–H groups in total. The van der Waals surface area contributed by atoms with Crippen LogP contribution in [-0.4, -0.2) is 19.5 Å². The first kappa shape index (κ1) is 7.97. The number of nitrogen functional groups attached to an aromatic ring is 1. The summed E-state index contributed by atoms with van der Waals surface area (Å²) in [6.45, 7) is 2.77. The summed E-state index contributed by atoms with van der Waals surface area (Å²) in [5.74, 6) is 0.430. The Hall–Kier alpha value is -1.65. The van der Waals surface area contributed by atoms with Crippen LogP contribution in [0.5, 0.6) is 0 Å². The van der Waals surface area contributed by atoms with Crippen LogP contribution in [0.25, 0.3) is 11.2 Å². The van der Waals surface area contributed by atoms with Crippen molar-refractivity contribution in [2.24, 2.45) is 0 Å². The molecule has 0 saturated heterocycles. The Morgan fingerprint density at radius 2 is 2.31 bits per heavy atom. The van der Waals surface area contributed by atoms with E-state index in [1.165, 1.54) is 6.33 Å². The molecule has 0 unspecified atom stereocenters. The highest BCUT2D eigenvalue weighted by Gasteiger charge is 2.05. The van der Waals surface area contributed by atoms with Gasteiger partial charge >= 0.3 is 0 Å². The molecule has 13 heavy (non-hydrogen) atoms. The van der Waals surface area contributed by atoms with E-state index in [1.807, 2.05) is 17.9 Å². The van der Waals surface area contributed by atoms with E-state index in [2.05, 4.69) is 15.0 Å². The molecule has 5 heteroatoms. The van der Waals surface area contributed by atoms with Gasteiger partial charge in [0.15, 0.2) is 11.5 Å². The highest BCUT2D eigenvalue weighted by Crippen LogP contribution is 2.13. The maximum absolute atomic E-state index is 5.63. The smallest absolute Gasteiger partial charge is 0.165 e. The van der Waals surface area contributed by atoms with E-state index in [-0.39, 0.29) is 0 Å². The second-order valence-corrected chi connectivity index (χ2v) is 2.74. The van der Waals surface area contributed by atoms with Crippen LogP contribution >= 0.6 is 0 Å². The molecule has 5 nitrogen and oxygen atoms in total. The first-order valence-corrected chi connectivity index (χ1v) is 4.02. The molecule has 2 aromatic heterocycles. The van der Waals surface area contributed by atoms with Crippen molar-refractivity contribution in [2.45, 2.75) is 13.5 Å². The minimum Gasteiger partial charge on any atom is -0.382 e. The molecule has 0 atom stereocenters. The van der Waals surface area contributed by atoms with Crippen LogP contribution in [0.3, 0.4) is 0 Å². The largest absolute Gasteiger partial charge is 0.382 e. The van der Waals surface area contributed by atoms with Crippen molar-refractivity contribution >= 4 is 17.0 Å². The summed E-state index contributed by atoms with van der Waals surface area (Å²) in [4.78, 5) is 12.1. The van der Waals surface area contributed by atoms with Crippen LogP contribution in [0.2, 0.25) is 0 Å². The fraction of sp³-hybridized carbons (Fsp3) is 0.250. The van der Waals surface area contributed by atoms with Gasteiger partial charge in [0, 0.05) is 6.54 Å². The van der Waals surface area contributed by atoms with E-state index < -0.39 is 0 Å². The van der Waals surface area contributed by atoms with E-state index in [0.717, 1.165) is 12.2 Å². The maximum atomic E-state index is 5.63. The molecule has 2 aromatic rings. The molecule has 0 fully saturated rings. The number of fused-ring (bicyclic) bond motifs is 1. The Labute approximate surface area is 75.6 Å². The predicted molar refractivity (Wildman–Crippen MR) is 49.7 cm³/mol. The van der Waals surface area contributed by atoms with Crippen LogP contribution in [-0.2, 0) is 6.54 Å². The molecular formula is C8H10N5. The number of hydrogen-bond donors (Lipinski definition) is 1. The van der Waals surface area contributed by atoms with Gasteiger partial charge in [0.2, 0.25) is 0 Å². The third-order valence-electron chi connectivity index (χ3n) is 1.81. The van der Waals surface area contributed by atoms with Crippen molar-refractivity contribution in [3.63, 3.8) is 0 Å². The molecule has 0 aliphatic rings. The van der Waals surface area contributed by atoms with Crippen LogP contribution in [0.15, 0.2) is 12.7 Å². The molecule has 2 rings (SSSR count). The third-order valence-corrected chi connectivity index (χ3v) is 1.81. The second kappa shape index (κ2) is 3.01. The van der Waals surface area contributed by atoms with Gasteiger partial charge in [-0.05, 0) is 6.42 Å². The number of aromatic nitrogens is 4. The molecule has 0 spiro atoms. The third kappa shape index (κ3) is 1.22. The van der Waals surface area contributed by atoms with Gasteiger partial charge in [-0.1, -0.05) is 6.92 Å². The lowest BCUT2D eigenvalue weighted by Gasteiger charge is -1.99. The van der Waals surface area contributed by atoms with Crippen molar-refractivity contribution in [1.82, 2.24) is 19.5 Å². The molecule has 2 heterocycles. The topological polar surface area (TPSA) is 69.6 Å². The molecule has 0 aliphatic heterocycles. The van der Waals surface area contributed by atoms with Crippen LogP contribution < -0.4 is 5.73 Å². The first-order chi connectivity index (χ1) is 6.33. The fourth-order valence-electron chi connectivity index (χ4n) is 1.23. The zero-order valence-electron chi connectivity index (χ0n) is 7.31. The lowest BCUT2D eigenvalue weighted by Crippen LogP contribution is -1.98. The lowest BCUT2D eigenvalue weighted by molar-refractivity contribution is 0.793. The second-order valence-electron chi connectivity index (χ2n) is 2.74. The summed E-state index contributed by atoms with van der Waals surface area (Å²) >= 11 is 0. The number of hydrogen-bond acceptors (Lipinski definition) is 4. The highest BCUT2D eigenvalue weighted by molar-refractivity contribution is 5.81. The number of nitrogens with zero attached hydrogens (tertiary/aromatic N) is 4. The van der Waals surface area contributed by atoms with Gasteiger partial charge in [-0.2, -0.15) is 0 Å². The minimum atomic E-state index is 0.430. The van der Waals surface area contributed by atoms with E-state index in [4.69, 9.17) is 5.73 Å². The van der Waals surface area contributed by atoms with Crippen LogP contribution in [0, 0.1) is 6.42 Å². The van der Waals surface area contributed by atoms with Gasteiger partial charge < -0.3 is 10.3 Å². The molecular weight excluding hydrogens is 166 g/mol. The Balaban J connectivity index is 2.61. The fourth-order valence-corrected chi connectivity index (χ4v) is 1.23. The standard InChI is InChI=1S/C8H10N5/c1-2-3-13-5-12-6-7(9)10-4-11-8(6)13/h2,4-5H,3H2,1H3,(H2,9,10,11). The van der Waals surface area contributed by atoms with Gasteiger partial charge in [0.25, 0.3) is 0 Å². The molecule has 0 aliphatic carbocycles. The van der Waals surface area contributed by atoms with Gasteiger partial charge in [0.05, 0.1) is 6.33 Å². The lowest BCUT2D eigenvalue weighted by atomic mass is 10.4. The average molecular weight is 176 g/mol. The summed E-state index contributed by atoms with van der Waals surface area (Å²) in [6.07, 6.45) is 5.20. The van der Waals surface area contributed by atoms with Crippen molar-refractivity contribution < 1.29 is 0 Å².